The topological polar surface area (TPSA) is 49.9 Å². The van der Waals surface area contributed by atoms with Gasteiger partial charge >= 0.3 is 0 Å². The second kappa shape index (κ2) is 6.48. The van der Waals surface area contributed by atoms with Crippen LogP contribution in [0.2, 0.25) is 0 Å². The van der Waals surface area contributed by atoms with Crippen molar-refractivity contribution >= 4 is 0 Å². The fourth-order valence-electron chi connectivity index (χ4n) is 1.62. The van der Waals surface area contributed by atoms with Crippen LogP contribution in [0, 0.1) is 12.3 Å². The van der Waals surface area contributed by atoms with Crippen molar-refractivity contribution in [1.82, 2.24) is 15.3 Å². The van der Waals surface area contributed by atoms with Crippen molar-refractivity contribution in [3.8, 4) is 18.1 Å². The molecule has 0 unspecified atom stereocenters. The molecule has 1 aromatic carbocycles. The Morgan fingerprint density at radius 3 is 3.00 bits per heavy atom. The van der Waals surface area contributed by atoms with Crippen LogP contribution in [0.5, 0.6) is 5.75 Å². The second-order valence-corrected chi connectivity index (χ2v) is 3.78. The van der Waals surface area contributed by atoms with Crippen molar-refractivity contribution in [2.45, 2.75) is 13.1 Å². The van der Waals surface area contributed by atoms with E-state index in [2.05, 4.69) is 21.2 Å². The summed E-state index contributed by atoms with van der Waals surface area (Å²) in [5, 5.41) is 3.32. The van der Waals surface area contributed by atoms with Crippen LogP contribution in [0.15, 0.2) is 36.8 Å². The van der Waals surface area contributed by atoms with Gasteiger partial charge in [0.25, 0.3) is 0 Å². The number of nitrogens with one attached hydrogen (secondary N) is 2. The minimum Gasteiger partial charge on any atom is -0.481 e. The highest BCUT2D eigenvalue weighted by atomic mass is 16.5. The van der Waals surface area contributed by atoms with E-state index in [-0.39, 0.29) is 6.61 Å². The van der Waals surface area contributed by atoms with Gasteiger partial charge in [0.05, 0.1) is 6.33 Å². The molecule has 18 heavy (non-hydrogen) atoms. The van der Waals surface area contributed by atoms with E-state index in [4.69, 9.17) is 11.2 Å². The molecule has 0 radical (unpaired) electrons. The first-order chi connectivity index (χ1) is 8.90. The Morgan fingerprint density at radius 1 is 1.33 bits per heavy atom. The summed E-state index contributed by atoms with van der Waals surface area (Å²) in [6.45, 7) is 1.75. The van der Waals surface area contributed by atoms with Crippen LogP contribution in [-0.4, -0.2) is 16.6 Å². The summed E-state index contributed by atoms with van der Waals surface area (Å²) < 4.78 is 5.48. The first-order valence-corrected chi connectivity index (χ1v) is 5.72. The monoisotopic (exact) mass is 241 g/mol. The third kappa shape index (κ3) is 3.37. The van der Waals surface area contributed by atoms with Gasteiger partial charge in [0, 0.05) is 30.5 Å². The van der Waals surface area contributed by atoms with Crippen molar-refractivity contribution in [1.29, 1.82) is 0 Å². The molecule has 1 heterocycles. The van der Waals surface area contributed by atoms with Gasteiger partial charge in [-0.25, -0.2) is 4.98 Å². The Bertz CT molecular complexity index is 514. The molecule has 0 atom stereocenters. The van der Waals surface area contributed by atoms with E-state index in [1.54, 1.807) is 12.5 Å². The number of aromatic amines is 1. The van der Waals surface area contributed by atoms with Crippen LogP contribution in [0.1, 0.15) is 11.3 Å². The molecule has 1 aromatic heterocycles. The number of rotatable bonds is 6. The summed E-state index contributed by atoms with van der Waals surface area (Å²) >= 11 is 0. The number of nitrogens with zero attached hydrogens (tertiary/aromatic N) is 1. The summed E-state index contributed by atoms with van der Waals surface area (Å²) in [7, 11) is 0. The van der Waals surface area contributed by atoms with Gasteiger partial charge in [0.1, 0.15) is 12.4 Å². The Kier molecular flexibility index (Phi) is 4.39. The van der Waals surface area contributed by atoms with Crippen LogP contribution >= 0.6 is 0 Å². The van der Waals surface area contributed by atoms with Gasteiger partial charge in [0.2, 0.25) is 0 Å². The predicted octanol–water partition coefficient (Wildman–Crippen LogP) is 1.71. The number of benzene rings is 1. The molecule has 0 bridgehead atoms. The lowest BCUT2D eigenvalue weighted by atomic mass is 10.2. The van der Waals surface area contributed by atoms with E-state index in [1.165, 1.54) is 0 Å². The van der Waals surface area contributed by atoms with Crippen molar-refractivity contribution in [2.75, 3.05) is 6.61 Å². The summed E-state index contributed by atoms with van der Waals surface area (Å²) in [5.41, 5.74) is 2.14. The van der Waals surface area contributed by atoms with Gasteiger partial charge < -0.3 is 15.0 Å². The number of terminal acetylenes is 1. The lowest BCUT2D eigenvalue weighted by molar-refractivity contribution is 0.364. The number of aromatic nitrogens is 2. The zero-order valence-corrected chi connectivity index (χ0v) is 10.0. The minimum atomic E-state index is 0.289. The van der Waals surface area contributed by atoms with E-state index in [1.807, 2.05) is 24.3 Å². The molecule has 0 aliphatic heterocycles. The van der Waals surface area contributed by atoms with Crippen molar-refractivity contribution in [2.24, 2.45) is 0 Å². The van der Waals surface area contributed by atoms with E-state index in [9.17, 15) is 0 Å². The Hall–Kier alpha value is -2.25. The number of para-hydroxylation sites is 1. The molecule has 0 saturated heterocycles. The SMILES string of the molecule is C#CCOc1ccccc1CNCc1cnc[nH]1. The first-order valence-electron chi connectivity index (χ1n) is 5.72. The van der Waals surface area contributed by atoms with E-state index >= 15 is 0 Å². The van der Waals surface area contributed by atoms with Crippen molar-refractivity contribution in [3.63, 3.8) is 0 Å². The Labute approximate surface area is 106 Å². The average Bonchev–Trinajstić information content (AvgIpc) is 2.91. The maximum atomic E-state index is 5.48. The van der Waals surface area contributed by atoms with Gasteiger partial charge in [-0.3, -0.25) is 0 Å². The summed E-state index contributed by atoms with van der Waals surface area (Å²) in [6.07, 6.45) is 8.66. The fraction of sp³-hybridized carbons (Fsp3) is 0.214. The van der Waals surface area contributed by atoms with Gasteiger partial charge in [-0.1, -0.05) is 24.1 Å². The number of H-pyrrole nitrogens is 1. The van der Waals surface area contributed by atoms with E-state index < -0.39 is 0 Å². The number of hydrogen-bond donors (Lipinski definition) is 2. The number of hydrogen-bond acceptors (Lipinski definition) is 3. The normalized spacial score (nSPS) is 9.94. The third-order valence-electron chi connectivity index (χ3n) is 2.47. The molecule has 0 saturated carbocycles. The standard InChI is InChI=1S/C14H15N3O/c1-2-7-18-14-6-4-3-5-12(14)8-15-9-13-10-16-11-17-13/h1,3-6,10-11,15H,7-9H2,(H,16,17). The molecule has 0 fully saturated rings. The second-order valence-electron chi connectivity index (χ2n) is 3.78. The zero-order valence-electron chi connectivity index (χ0n) is 10.0. The van der Waals surface area contributed by atoms with E-state index in [0.717, 1.165) is 30.1 Å². The molecule has 0 amide bonds. The largest absolute Gasteiger partial charge is 0.481 e. The fourth-order valence-corrected chi connectivity index (χ4v) is 1.62. The number of ether oxygens (including phenoxy) is 1. The molecule has 4 heteroatoms. The van der Waals surface area contributed by atoms with Crippen LogP contribution in [0.3, 0.4) is 0 Å². The summed E-state index contributed by atoms with van der Waals surface area (Å²) in [5.74, 6) is 3.29. The van der Waals surface area contributed by atoms with Crippen LogP contribution < -0.4 is 10.1 Å². The molecule has 92 valence electrons. The molecule has 0 aliphatic rings. The highest BCUT2D eigenvalue weighted by Crippen LogP contribution is 2.17. The first kappa shape index (κ1) is 12.2. The lowest BCUT2D eigenvalue weighted by Gasteiger charge is -2.10. The van der Waals surface area contributed by atoms with Crippen LogP contribution in [-0.2, 0) is 13.1 Å². The zero-order chi connectivity index (χ0) is 12.6. The highest BCUT2D eigenvalue weighted by molar-refractivity contribution is 5.33. The van der Waals surface area contributed by atoms with Gasteiger partial charge in [-0.05, 0) is 6.07 Å². The van der Waals surface area contributed by atoms with Gasteiger partial charge in [0.15, 0.2) is 0 Å². The smallest absolute Gasteiger partial charge is 0.148 e. The molecule has 2 aromatic rings. The highest BCUT2D eigenvalue weighted by Gasteiger charge is 2.02. The third-order valence-corrected chi connectivity index (χ3v) is 2.47. The maximum absolute atomic E-state index is 5.48. The summed E-state index contributed by atoms with van der Waals surface area (Å²) in [4.78, 5) is 7.00. The average molecular weight is 241 g/mol. The molecular formula is C14H15N3O. The van der Waals surface area contributed by atoms with Gasteiger partial charge in [-0.2, -0.15) is 0 Å². The quantitative estimate of drug-likeness (QED) is 0.757. The molecule has 2 N–H and O–H groups in total. The lowest BCUT2D eigenvalue weighted by Crippen LogP contribution is -2.13. The van der Waals surface area contributed by atoms with Crippen LogP contribution in [0.25, 0.3) is 0 Å². The van der Waals surface area contributed by atoms with Crippen molar-refractivity contribution < 1.29 is 4.74 Å². The molecule has 2 rings (SSSR count). The molecule has 0 aliphatic carbocycles. The van der Waals surface area contributed by atoms with Crippen molar-refractivity contribution in [3.05, 3.63) is 48.0 Å². The predicted molar refractivity (Wildman–Crippen MR) is 69.9 cm³/mol. The number of imidazole rings is 1. The minimum absolute atomic E-state index is 0.289. The van der Waals surface area contributed by atoms with Crippen LogP contribution in [0.4, 0.5) is 0 Å². The molecular weight excluding hydrogens is 226 g/mol. The van der Waals surface area contributed by atoms with Gasteiger partial charge in [-0.15, -0.1) is 6.42 Å². The Balaban J connectivity index is 1.90. The Morgan fingerprint density at radius 2 is 2.22 bits per heavy atom. The summed E-state index contributed by atoms with van der Waals surface area (Å²) in [6, 6.07) is 7.86. The molecule has 4 nitrogen and oxygen atoms in total. The van der Waals surface area contributed by atoms with E-state index in [0.29, 0.717) is 0 Å². The molecule has 0 spiro atoms. The maximum Gasteiger partial charge on any atom is 0.148 e.